The van der Waals surface area contributed by atoms with Crippen molar-refractivity contribution in [3.05, 3.63) is 56.9 Å². The SMILES string of the molecule is Fc1cccc(N2CCc3c(Br)ccc(Cl)c3C2)n1. The van der Waals surface area contributed by atoms with Gasteiger partial charge < -0.3 is 4.90 Å². The second-order valence-corrected chi connectivity index (χ2v) is 5.74. The molecular weight excluding hydrogens is 331 g/mol. The molecule has 2 heterocycles. The van der Waals surface area contributed by atoms with E-state index in [1.165, 1.54) is 11.6 Å². The first-order chi connectivity index (χ1) is 9.15. The van der Waals surface area contributed by atoms with E-state index in [1.807, 2.05) is 23.1 Å². The van der Waals surface area contributed by atoms with Gasteiger partial charge in [-0.15, -0.1) is 0 Å². The van der Waals surface area contributed by atoms with E-state index in [9.17, 15) is 4.39 Å². The van der Waals surface area contributed by atoms with Crippen LogP contribution in [-0.2, 0) is 13.0 Å². The Kier molecular flexibility index (Phi) is 3.46. The first-order valence-corrected chi connectivity index (χ1v) is 7.15. The van der Waals surface area contributed by atoms with Gasteiger partial charge in [0.05, 0.1) is 0 Å². The highest BCUT2D eigenvalue weighted by Crippen LogP contribution is 2.33. The van der Waals surface area contributed by atoms with Crippen LogP contribution in [0.4, 0.5) is 10.2 Å². The minimum absolute atomic E-state index is 0.455. The van der Waals surface area contributed by atoms with E-state index in [1.54, 1.807) is 6.07 Å². The summed E-state index contributed by atoms with van der Waals surface area (Å²) in [5, 5.41) is 0.749. The fourth-order valence-corrected chi connectivity index (χ4v) is 3.17. The highest BCUT2D eigenvalue weighted by molar-refractivity contribution is 9.10. The van der Waals surface area contributed by atoms with Gasteiger partial charge in [0.25, 0.3) is 0 Å². The molecule has 1 aromatic carbocycles. The number of rotatable bonds is 1. The van der Waals surface area contributed by atoms with Crippen molar-refractivity contribution in [2.75, 3.05) is 11.4 Å². The second-order valence-electron chi connectivity index (χ2n) is 4.48. The summed E-state index contributed by atoms with van der Waals surface area (Å²) in [4.78, 5) is 5.97. The number of nitrogens with zero attached hydrogens (tertiary/aromatic N) is 2. The molecule has 0 unspecified atom stereocenters. The maximum atomic E-state index is 13.2. The van der Waals surface area contributed by atoms with Gasteiger partial charge in [0.2, 0.25) is 5.95 Å². The Labute approximate surface area is 124 Å². The van der Waals surface area contributed by atoms with Crippen LogP contribution < -0.4 is 4.90 Å². The van der Waals surface area contributed by atoms with Crippen molar-refractivity contribution in [1.82, 2.24) is 4.98 Å². The van der Waals surface area contributed by atoms with Crippen molar-refractivity contribution in [3.8, 4) is 0 Å². The molecule has 0 radical (unpaired) electrons. The zero-order valence-electron chi connectivity index (χ0n) is 10.0. The molecule has 0 amide bonds. The summed E-state index contributed by atoms with van der Waals surface area (Å²) in [6.45, 7) is 1.46. The Bertz CT molecular complexity index is 633. The van der Waals surface area contributed by atoms with Crippen molar-refractivity contribution in [2.24, 2.45) is 0 Å². The molecule has 0 bridgehead atoms. The summed E-state index contributed by atoms with van der Waals surface area (Å²) in [5.74, 6) is 0.199. The smallest absolute Gasteiger partial charge is 0.214 e. The van der Waals surface area contributed by atoms with Crippen LogP contribution in [0.5, 0.6) is 0 Å². The number of aromatic nitrogens is 1. The van der Waals surface area contributed by atoms with Crippen LogP contribution in [0.25, 0.3) is 0 Å². The van der Waals surface area contributed by atoms with Crippen molar-refractivity contribution >= 4 is 33.3 Å². The topological polar surface area (TPSA) is 16.1 Å². The highest BCUT2D eigenvalue weighted by Gasteiger charge is 2.21. The van der Waals surface area contributed by atoms with Crippen LogP contribution in [0.2, 0.25) is 5.02 Å². The van der Waals surface area contributed by atoms with Crippen molar-refractivity contribution in [1.29, 1.82) is 0 Å². The summed E-state index contributed by atoms with van der Waals surface area (Å²) in [6.07, 6.45) is 0.870. The molecule has 1 aliphatic heterocycles. The van der Waals surface area contributed by atoms with Crippen molar-refractivity contribution < 1.29 is 4.39 Å². The minimum Gasteiger partial charge on any atom is -0.352 e. The monoisotopic (exact) mass is 340 g/mol. The van der Waals surface area contributed by atoms with Crippen molar-refractivity contribution in [2.45, 2.75) is 13.0 Å². The molecule has 5 heteroatoms. The van der Waals surface area contributed by atoms with Gasteiger partial charge in [0.1, 0.15) is 5.82 Å². The molecule has 0 atom stereocenters. The third kappa shape index (κ3) is 2.47. The molecule has 0 saturated carbocycles. The molecule has 3 rings (SSSR count). The maximum Gasteiger partial charge on any atom is 0.214 e. The molecule has 98 valence electrons. The Hall–Kier alpha value is -1.13. The average Bonchev–Trinajstić information content (AvgIpc) is 2.43. The summed E-state index contributed by atoms with van der Waals surface area (Å²) in [5.41, 5.74) is 2.33. The van der Waals surface area contributed by atoms with E-state index in [0.717, 1.165) is 28.0 Å². The lowest BCUT2D eigenvalue weighted by molar-refractivity contribution is 0.578. The standard InChI is InChI=1S/C14H11BrClFN2/c15-11-4-5-12(16)10-8-19(7-6-9(10)11)14-3-1-2-13(17)18-14/h1-5H,6-8H2. The third-order valence-electron chi connectivity index (χ3n) is 3.32. The molecule has 0 N–H and O–H groups in total. The van der Waals surface area contributed by atoms with E-state index >= 15 is 0 Å². The van der Waals surface area contributed by atoms with Gasteiger partial charge in [-0.2, -0.15) is 4.39 Å². The molecule has 1 aromatic heterocycles. The van der Waals surface area contributed by atoms with E-state index in [2.05, 4.69) is 20.9 Å². The zero-order chi connectivity index (χ0) is 13.4. The van der Waals surface area contributed by atoms with Gasteiger partial charge in [-0.25, -0.2) is 4.98 Å². The average molecular weight is 342 g/mol. The maximum absolute atomic E-state index is 13.2. The first-order valence-electron chi connectivity index (χ1n) is 5.98. The molecule has 0 spiro atoms. The lowest BCUT2D eigenvalue weighted by atomic mass is 10.00. The number of hydrogen-bond donors (Lipinski definition) is 0. The summed E-state index contributed by atoms with van der Waals surface area (Å²) >= 11 is 9.81. The molecule has 19 heavy (non-hydrogen) atoms. The number of halogens is 3. The quantitative estimate of drug-likeness (QED) is 0.723. The second kappa shape index (κ2) is 5.10. The van der Waals surface area contributed by atoms with Gasteiger partial charge in [0.15, 0.2) is 0 Å². The predicted octanol–water partition coefficient (Wildman–Crippen LogP) is 4.20. The van der Waals surface area contributed by atoms with E-state index in [4.69, 9.17) is 11.6 Å². The van der Waals surface area contributed by atoms with E-state index in [-0.39, 0.29) is 0 Å². The molecular formula is C14H11BrClFN2. The zero-order valence-corrected chi connectivity index (χ0v) is 12.4. The van der Waals surface area contributed by atoms with Gasteiger partial charge in [-0.1, -0.05) is 33.6 Å². The Balaban J connectivity index is 1.96. The van der Waals surface area contributed by atoms with Crippen LogP contribution >= 0.6 is 27.5 Å². The lowest BCUT2D eigenvalue weighted by Crippen LogP contribution is -2.31. The molecule has 2 nitrogen and oxygen atoms in total. The van der Waals surface area contributed by atoms with Crippen LogP contribution in [0, 0.1) is 5.95 Å². The lowest BCUT2D eigenvalue weighted by Gasteiger charge is -2.31. The van der Waals surface area contributed by atoms with Crippen molar-refractivity contribution in [3.63, 3.8) is 0 Å². The minimum atomic E-state index is -0.455. The number of fused-ring (bicyclic) bond motifs is 1. The Morgan fingerprint density at radius 2 is 2.05 bits per heavy atom. The third-order valence-corrected chi connectivity index (χ3v) is 4.42. The summed E-state index contributed by atoms with van der Waals surface area (Å²) in [7, 11) is 0. The molecule has 1 aliphatic rings. The van der Waals surface area contributed by atoms with Gasteiger partial charge in [-0.05, 0) is 41.8 Å². The largest absolute Gasteiger partial charge is 0.352 e. The highest BCUT2D eigenvalue weighted by atomic mass is 79.9. The van der Waals surface area contributed by atoms with Gasteiger partial charge in [-0.3, -0.25) is 0 Å². The van der Waals surface area contributed by atoms with Gasteiger partial charge >= 0.3 is 0 Å². The molecule has 0 fully saturated rings. The number of benzene rings is 1. The summed E-state index contributed by atoms with van der Waals surface area (Å²) in [6, 6.07) is 8.70. The van der Waals surface area contributed by atoms with E-state index < -0.39 is 5.95 Å². The van der Waals surface area contributed by atoms with Crippen LogP contribution in [0.3, 0.4) is 0 Å². The number of anilines is 1. The van der Waals surface area contributed by atoms with Crippen LogP contribution in [-0.4, -0.2) is 11.5 Å². The number of pyridine rings is 1. The first kappa shape index (κ1) is 12.9. The fourth-order valence-electron chi connectivity index (χ4n) is 2.36. The Morgan fingerprint density at radius 3 is 2.84 bits per heavy atom. The predicted molar refractivity (Wildman–Crippen MR) is 78.1 cm³/mol. The fraction of sp³-hybridized carbons (Fsp3) is 0.214. The molecule has 0 saturated heterocycles. The van der Waals surface area contributed by atoms with Crippen LogP contribution in [0.15, 0.2) is 34.8 Å². The van der Waals surface area contributed by atoms with E-state index in [0.29, 0.717) is 12.4 Å². The Morgan fingerprint density at radius 1 is 1.21 bits per heavy atom. The molecule has 2 aromatic rings. The van der Waals surface area contributed by atoms with Crippen LogP contribution in [0.1, 0.15) is 11.1 Å². The summed E-state index contributed by atoms with van der Waals surface area (Å²) < 4.78 is 14.3. The van der Waals surface area contributed by atoms with Gasteiger partial charge in [0, 0.05) is 22.6 Å². The molecule has 0 aliphatic carbocycles. The number of hydrogen-bond acceptors (Lipinski definition) is 2. The normalized spacial score (nSPS) is 14.4.